The van der Waals surface area contributed by atoms with E-state index < -0.39 is 114 Å². The molecule has 95 heavy (non-hydrogen) atoms. The molecule has 24 nitrogen and oxygen atoms in total. The summed E-state index contributed by atoms with van der Waals surface area (Å²) >= 11 is 0. The van der Waals surface area contributed by atoms with E-state index in [1.807, 2.05) is 125 Å². The smallest absolute Gasteiger partial charge is 0.351 e. The van der Waals surface area contributed by atoms with Crippen LogP contribution in [0, 0.1) is 37.9 Å². The average Bonchev–Trinajstić information content (AvgIpc) is 1.68. The molecule has 6 heterocycles. The first-order valence-electron chi connectivity index (χ1n) is 33.4. The highest BCUT2D eigenvalue weighted by Gasteiger charge is 2.54. The van der Waals surface area contributed by atoms with Gasteiger partial charge in [0.2, 0.25) is 29.5 Å². The number of carbonyl (C=O) groups is 12. The lowest BCUT2D eigenvalue weighted by atomic mass is 9.88. The SMILES string of the molecule is CCC(C)(C)C(=O)OC1(C)CC(C)(C)OC1=O.CCC(C)(C)C(=O)OC1(C)CCOC(=O)C1.CCC(C)(C)C(=O)OC1(C)CCOC1=O.CCC(C)(C)C(=O)OC1C(=O)OCC1(C)C.CCC(C)(C)C(=O)OC1CC(C)(C)OC1=O.CCC(C)(C)C(=O)OC1CC(C)OC1=O. The number of rotatable bonds is 18. The van der Waals surface area contributed by atoms with E-state index in [0.29, 0.717) is 90.4 Å². The van der Waals surface area contributed by atoms with Gasteiger partial charge in [0, 0.05) is 37.5 Å². The Kier molecular flexibility index (Phi) is 30.3. The van der Waals surface area contributed by atoms with E-state index in [4.69, 9.17) is 56.8 Å². The zero-order valence-electron chi connectivity index (χ0n) is 62.7. The van der Waals surface area contributed by atoms with Crippen molar-refractivity contribution in [2.24, 2.45) is 37.9 Å². The molecule has 0 spiro atoms. The molecule has 546 valence electrons. The highest BCUT2D eigenvalue weighted by molar-refractivity contribution is 5.88. The zero-order chi connectivity index (χ0) is 74.3. The second-order valence-corrected chi connectivity index (χ2v) is 31.9. The van der Waals surface area contributed by atoms with Gasteiger partial charge in [0.25, 0.3) is 0 Å². The van der Waals surface area contributed by atoms with Crippen molar-refractivity contribution in [3.05, 3.63) is 0 Å². The summed E-state index contributed by atoms with van der Waals surface area (Å²) in [6.45, 7) is 52.0. The van der Waals surface area contributed by atoms with Crippen molar-refractivity contribution >= 4 is 71.6 Å². The van der Waals surface area contributed by atoms with Gasteiger partial charge in [0.15, 0.2) is 0 Å². The Morgan fingerprint density at radius 3 is 1.18 bits per heavy atom. The predicted molar refractivity (Wildman–Crippen MR) is 348 cm³/mol. The van der Waals surface area contributed by atoms with Crippen molar-refractivity contribution in [1.82, 2.24) is 0 Å². The second kappa shape index (κ2) is 33.3. The molecule has 0 aromatic heterocycles. The average molecular weight is 1360 g/mol. The van der Waals surface area contributed by atoms with Crippen LogP contribution in [0.15, 0.2) is 0 Å². The predicted octanol–water partition coefficient (Wildman–Crippen LogP) is 11.8. The molecule has 0 saturated carbocycles. The van der Waals surface area contributed by atoms with Gasteiger partial charge in [-0.1, -0.05) is 55.4 Å². The molecule has 0 aliphatic carbocycles. The summed E-state index contributed by atoms with van der Waals surface area (Å²) in [7, 11) is 0. The van der Waals surface area contributed by atoms with E-state index in [0.717, 1.165) is 0 Å². The fraction of sp³-hybridized carbons (Fsp3) is 0.831. The highest BCUT2D eigenvalue weighted by Crippen LogP contribution is 2.40. The van der Waals surface area contributed by atoms with Gasteiger partial charge in [0.05, 0.1) is 52.1 Å². The van der Waals surface area contributed by atoms with Crippen LogP contribution in [0.25, 0.3) is 0 Å². The maximum atomic E-state index is 12.0. The van der Waals surface area contributed by atoms with Gasteiger partial charge in [-0.25, -0.2) is 24.0 Å². The van der Waals surface area contributed by atoms with Crippen LogP contribution in [0.1, 0.15) is 271 Å². The summed E-state index contributed by atoms with van der Waals surface area (Å²) in [6.07, 6.45) is 4.17. The summed E-state index contributed by atoms with van der Waals surface area (Å²) in [5, 5.41) is 0. The summed E-state index contributed by atoms with van der Waals surface area (Å²) < 4.78 is 61.5. The van der Waals surface area contributed by atoms with Crippen LogP contribution in [-0.2, 0) is 114 Å². The minimum atomic E-state index is -1.15. The van der Waals surface area contributed by atoms with Crippen molar-refractivity contribution < 1.29 is 114 Å². The van der Waals surface area contributed by atoms with E-state index >= 15 is 0 Å². The Balaban J connectivity index is 0.000000570. The second-order valence-electron chi connectivity index (χ2n) is 31.9. The molecule has 6 saturated heterocycles. The fourth-order valence-electron chi connectivity index (χ4n) is 8.46. The van der Waals surface area contributed by atoms with Crippen molar-refractivity contribution in [2.75, 3.05) is 19.8 Å². The molecule has 6 rings (SSSR count). The molecule has 7 atom stereocenters. The number of cyclic esters (lactones) is 6. The fourth-order valence-corrected chi connectivity index (χ4v) is 8.46. The topological polar surface area (TPSA) is 316 Å². The highest BCUT2D eigenvalue weighted by atomic mass is 16.6. The Bertz CT molecular complexity index is 2740. The minimum absolute atomic E-state index is 0.151. The van der Waals surface area contributed by atoms with Crippen molar-refractivity contribution in [3.63, 3.8) is 0 Å². The van der Waals surface area contributed by atoms with Crippen molar-refractivity contribution in [2.45, 2.75) is 323 Å². The summed E-state index contributed by atoms with van der Waals surface area (Å²) in [6, 6.07) is 0. The first-order chi connectivity index (χ1) is 42.9. The lowest BCUT2D eigenvalue weighted by Crippen LogP contribution is -2.43. The summed E-state index contributed by atoms with van der Waals surface area (Å²) in [4.78, 5) is 139. The first-order valence-corrected chi connectivity index (χ1v) is 33.4. The molecule has 0 aromatic carbocycles. The van der Waals surface area contributed by atoms with Gasteiger partial charge in [-0.05, 0) is 177 Å². The molecule has 6 aliphatic heterocycles. The first kappa shape index (κ1) is 86.7. The lowest BCUT2D eigenvalue weighted by Gasteiger charge is -2.35. The molecule has 7 unspecified atom stereocenters. The van der Waals surface area contributed by atoms with E-state index in [9.17, 15) is 57.5 Å². The standard InChI is InChI=1S/C13H22O4.3C12H20O4.2C11H18O4/c1-7-11(2,3)9(14)17-13(6)8-12(4,5)16-10(13)15;1-6-11(2,3)10(14)16-8-9(13)15-7-12(8,4)5;1-6-11(2,3)10(14)15-8-7-12(4,5)16-9(8)13;1-5-11(2,3)10(14)16-12(4)6-7-15-9(13)8-12;1-5-10(2,3)8(12)15-11(4)6-7-14-9(11)13;1-5-11(3,4)10(13)15-8-6-7(2)14-9(8)12/h7-8H2,1-6H3;2*8H,6-7H2,1-5H3;5-8H2,1-4H3;5-7H2,1-4H3;7-8H,5-6H2,1-4H3. The van der Waals surface area contributed by atoms with Gasteiger partial charge < -0.3 is 56.8 Å². The summed E-state index contributed by atoms with van der Waals surface area (Å²) in [5.74, 6) is -4.45. The normalized spacial score (nSPS) is 25.8. The third kappa shape index (κ3) is 25.5. The third-order valence-electron chi connectivity index (χ3n) is 18.5. The molecule has 6 aliphatic rings. The van der Waals surface area contributed by atoms with E-state index in [2.05, 4.69) is 0 Å². The van der Waals surface area contributed by atoms with Gasteiger partial charge in [0.1, 0.15) is 29.5 Å². The number of hydrogen-bond acceptors (Lipinski definition) is 24. The number of hydrogen-bond donors (Lipinski definition) is 0. The van der Waals surface area contributed by atoms with Crippen LogP contribution in [0.5, 0.6) is 0 Å². The quantitative estimate of drug-likeness (QED) is 0.0909. The molecule has 0 N–H and O–H groups in total. The molecule has 0 radical (unpaired) electrons. The monoisotopic (exact) mass is 1350 g/mol. The number of carbonyl (C=O) groups excluding carboxylic acids is 12. The van der Waals surface area contributed by atoms with Crippen LogP contribution >= 0.6 is 0 Å². The largest absolute Gasteiger partial charge is 0.465 e. The van der Waals surface area contributed by atoms with Crippen molar-refractivity contribution in [3.8, 4) is 0 Å². The van der Waals surface area contributed by atoms with Gasteiger partial charge >= 0.3 is 71.6 Å². The maximum absolute atomic E-state index is 12.0. The van der Waals surface area contributed by atoms with Crippen LogP contribution in [0.4, 0.5) is 0 Å². The minimum Gasteiger partial charge on any atom is -0.465 e. The summed E-state index contributed by atoms with van der Waals surface area (Å²) in [5.41, 5.74) is -7.71. The van der Waals surface area contributed by atoms with E-state index in [1.54, 1.807) is 69.2 Å². The Labute approximate surface area is 565 Å². The van der Waals surface area contributed by atoms with E-state index in [1.165, 1.54) is 0 Å². The van der Waals surface area contributed by atoms with Gasteiger partial charge in [-0.2, -0.15) is 0 Å². The maximum Gasteiger partial charge on any atom is 0.351 e. The third-order valence-corrected chi connectivity index (χ3v) is 18.5. The van der Waals surface area contributed by atoms with Crippen LogP contribution < -0.4 is 0 Å². The van der Waals surface area contributed by atoms with Crippen LogP contribution in [-0.4, -0.2) is 144 Å². The van der Waals surface area contributed by atoms with E-state index in [-0.39, 0.29) is 54.3 Å². The molecule has 0 aromatic rings. The van der Waals surface area contributed by atoms with Gasteiger partial charge in [-0.15, -0.1) is 0 Å². The molecule has 24 heteroatoms. The number of esters is 12. The Hall–Kier alpha value is -6.36. The molecular formula is C71H118O24. The number of ether oxygens (including phenoxy) is 12. The molecule has 6 fully saturated rings. The van der Waals surface area contributed by atoms with Crippen molar-refractivity contribution in [1.29, 1.82) is 0 Å². The van der Waals surface area contributed by atoms with Crippen LogP contribution in [0.3, 0.4) is 0 Å². The molecule has 0 amide bonds. The molecular weight excluding hydrogens is 1240 g/mol. The van der Waals surface area contributed by atoms with Gasteiger partial charge in [-0.3, -0.25) is 33.6 Å². The Morgan fingerprint density at radius 2 is 0.842 bits per heavy atom. The molecule has 0 bridgehead atoms. The lowest BCUT2D eigenvalue weighted by molar-refractivity contribution is -0.182. The Morgan fingerprint density at radius 1 is 0.442 bits per heavy atom. The van der Waals surface area contributed by atoms with Crippen LogP contribution in [0.2, 0.25) is 0 Å². The zero-order valence-corrected chi connectivity index (χ0v) is 62.7.